The molecule has 2 saturated heterocycles. The predicted molar refractivity (Wildman–Crippen MR) is 178 cm³/mol. The molecule has 8 rings (SSSR count). The summed E-state index contributed by atoms with van der Waals surface area (Å²) in [6.07, 6.45) is 11.0. The van der Waals surface area contributed by atoms with Crippen LogP contribution in [-0.4, -0.2) is 62.4 Å². The molecule has 0 bridgehead atoms. The van der Waals surface area contributed by atoms with Gasteiger partial charge in [-0.2, -0.15) is 9.97 Å². The third-order valence-electron chi connectivity index (χ3n) is 10.2. The second-order valence-electron chi connectivity index (χ2n) is 13.1. The lowest BCUT2D eigenvalue weighted by Gasteiger charge is -2.31. The highest BCUT2D eigenvalue weighted by Crippen LogP contribution is 2.42. The van der Waals surface area contributed by atoms with E-state index in [1.165, 1.54) is 29.8 Å². The Morgan fingerprint density at radius 1 is 1.25 bits per heavy atom. The highest BCUT2D eigenvalue weighted by atomic mass is 19.1. The first-order valence-electron chi connectivity index (χ1n) is 16.2. The topological polar surface area (TPSA) is 114 Å². The Hall–Kier alpha value is -5.08. The molecule has 3 atom stereocenters. The van der Waals surface area contributed by atoms with Crippen LogP contribution in [0.3, 0.4) is 0 Å². The fourth-order valence-electron chi connectivity index (χ4n) is 7.92. The van der Waals surface area contributed by atoms with Gasteiger partial charge in [-0.05, 0) is 74.4 Å². The first-order valence-corrected chi connectivity index (χ1v) is 16.2. The summed E-state index contributed by atoms with van der Waals surface area (Å²) in [5.41, 5.74) is 1.96. The lowest BCUT2D eigenvalue weighted by atomic mass is 9.92. The Kier molecular flexibility index (Phi) is 7.29. The molecule has 0 spiro atoms. The average molecular weight is 650 g/mol. The van der Waals surface area contributed by atoms with Gasteiger partial charge < -0.3 is 19.6 Å². The van der Waals surface area contributed by atoms with Gasteiger partial charge in [0.25, 0.3) is 0 Å². The zero-order valence-corrected chi connectivity index (χ0v) is 26.4. The molecular weight excluding hydrogens is 616 g/mol. The smallest absolute Gasteiger partial charge is 0.349 e. The molecule has 0 radical (unpaired) electrons. The number of rotatable bonds is 6. The number of anilines is 1. The van der Waals surface area contributed by atoms with Crippen LogP contribution in [0.5, 0.6) is 11.8 Å². The molecule has 3 aromatic heterocycles. The molecule has 11 heteroatoms. The van der Waals surface area contributed by atoms with Gasteiger partial charge in [0, 0.05) is 53.8 Å². The summed E-state index contributed by atoms with van der Waals surface area (Å²) >= 11 is 0. The number of ether oxygens (including phenoxy) is 1. The molecule has 48 heavy (non-hydrogen) atoms. The molecule has 2 aliphatic heterocycles. The van der Waals surface area contributed by atoms with Gasteiger partial charge in [-0.3, -0.25) is 9.88 Å². The van der Waals surface area contributed by atoms with Crippen LogP contribution in [0.25, 0.3) is 33.0 Å². The summed E-state index contributed by atoms with van der Waals surface area (Å²) in [6, 6.07) is 9.56. The molecular formula is C37H33F2N5O4. The monoisotopic (exact) mass is 649 g/mol. The lowest BCUT2D eigenvalue weighted by molar-refractivity contribution is 0.107. The highest BCUT2D eigenvalue weighted by Gasteiger charge is 2.49. The van der Waals surface area contributed by atoms with E-state index in [0.29, 0.717) is 35.7 Å². The number of aromatic nitrogens is 3. The molecule has 5 heterocycles. The molecule has 3 aliphatic rings. The van der Waals surface area contributed by atoms with E-state index >= 15 is 0 Å². The molecule has 0 saturated carbocycles. The number of hydrogen-bond acceptors (Lipinski definition) is 9. The van der Waals surface area contributed by atoms with E-state index in [4.69, 9.17) is 25.5 Å². The lowest BCUT2D eigenvalue weighted by Crippen LogP contribution is -2.43. The number of phenols is 1. The standard InChI is InChI=1S/C37H33F2N5O4/c1-3-26-28(39)10-8-22-14-25(45)16-27(30(22)26)33-20(2)32-31(35(46)48-33)34(41-24-9-7-21-6-4-12-40-29(21)15-24)43-36(42-32)47-19-37-11-5-13-44(37)18-23(38)17-37/h1,4,6,8,10,12,14,16,23-24,45H,5,7,9,11,13,15,17-19H2,2H3,(H,41,42,43)/t23-,24?,37+/m1/s1. The minimum Gasteiger partial charge on any atom is -0.508 e. The van der Waals surface area contributed by atoms with E-state index in [1.807, 2.05) is 6.07 Å². The van der Waals surface area contributed by atoms with Gasteiger partial charge in [0.15, 0.2) is 0 Å². The van der Waals surface area contributed by atoms with Gasteiger partial charge in [0.1, 0.15) is 41.3 Å². The van der Waals surface area contributed by atoms with Crippen molar-refractivity contribution in [1.29, 1.82) is 0 Å². The van der Waals surface area contributed by atoms with E-state index in [9.17, 15) is 18.7 Å². The van der Waals surface area contributed by atoms with Gasteiger partial charge in [0.2, 0.25) is 0 Å². The van der Waals surface area contributed by atoms with Crippen molar-refractivity contribution in [1.82, 2.24) is 19.9 Å². The van der Waals surface area contributed by atoms with Crippen LogP contribution < -0.4 is 15.7 Å². The van der Waals surface area contributed by atoms with Gasteiger partial charge >= 0.3 is 11.6 Å². The van der Waals surface area contributed by atoms with Crippen LogP contribution in [0.2, 0.25) is 0 Å². The van der Waals surface area contributed by atoms with Crippen molar-refractivity contribution < 1.29 is 23.0 Å². The maximum atomic E-state index is 14.9. The van der Waals surface area contributed by atoms with E-state index < -0.39 is 23.2 Å². The number of aryl methyl sites for hydroxylation is 2. The molecule has 2 N–H and O–H groups in total. The Bertz CT molecular complexity index is 2220. The number of pyridine rings is 1. The number of nitrogens with zero attached hydrogens (tertiary/aromatic N) is 4. The second kappa shape index (κ2) is 11.6. The van der Waals surface area contributed by atoms with Crippen LogP contribution in [0, 0.1) is 25.1 Å². The summed E-state index contributed by atoms with van der Waals surface area (Å²) in [7, 11) is 0. The van der Waals surface area contributed by atoms with Crippen LogP contribution in [0.15, 0.2) is 51.8 Å². The number of halogens is 2. The maximum absolute atomic E-state index is 14.9. The van der Waals surface area contributed by atoms with E-state index in [0.717, 1.165) is 37.9 Å². The van der Waals surface area contributed by atoms with Crippen molar-refractivity contribution in [3.05, 3.63) is 81.2 Å². The maximum Gasteiger partial charge on any atom is 0.349 e. The average Bonchev–Trinajstić information content (AvgIpc) is 3.60. The van der Waals surface area contributed by atoms with Gasteiger partial charge in [0.05, 0.1) is 16.6 Å². The summed E-state index contributed by atoms with van der Waals surface area (Å²) < 4.78 is 41.7. The molecule has 9 nitrogen and oxygen atoms in total. The molecule has 244 valence electrons. The van der Waals surface area contributed by atoms with Crippen molar-refractivity contribution in [2.45, 2.75) is 63.2 Å². The minimum atomic E-state index is -0.921. The Balaban J connectivity index is 1.27. The third-order valence-corrected chi connectivity index (χ3v) is 10.2. The summed E-state index contributed by atoms with van der Waals surface area (Å²) in [5.74, 6) is 2.02. The van der Waals surface area contributed by atoms with Crippen molar-refractivity contribution in [3.8, 4) is 35.4 Å². The molecule has 5 aromatic rings. The predicted octanol–water partition coefficient (Wildman–Crippen LogP) is 5.86. The summed E-state index contributed by atoms with van der Waals surface area (Å²) in [4.78, 5) is 30.1. The zero-order valence-electron chi connectivity index (χ0n) is 26.4. The largest absolute Gasteiger partial charge is 0.508 e. The van der Waals surface area contributed by atoms with Crippen molar-refractivity contribution in [2.24, 2.45) is 0 Å². The van der Waals surface area contributed by atoms with Crippen LogP contribution >= 0.6 is 0 Å². The number of benzene rings is 2. The second-order valence-corrected chi connectivity index (χ2v) is 13.1. The molecule has 1 aliphatic carbocycles. The van der Waals surface area contributed by atoms with Gasteiger partial charge in [-0.15, -0.1) is 6.42 Å². The molecule has 2 aromatic carbocycles. The van der Waals surface area contributed by atoms with Crippen molar-refractivity contribution in [3.63, 3.8) is 0 Å². The number of fused-ring (bicyclic) bond motifs is 4. The number of alkyl halides is 1. The van der Waals surface area contributed by atoms with E-state index in [1.54, 1.807) is 13.1 Å². The Morgan fingerprint density at radius 3 is 2.98 bits per heavy atom. The molecule has 2 fully saturated rings. The Morgan fingerprint density at radius 2 is 2.12 bits per heavy atom. The molecule has 1 unspecified atom stereocenters. The number of hydrogen-bond donors (Lipinski definition) is 2. The van der Waals surface area contributed by atoms with Crippen LogP contribution in [0.1, 0.15) is 48.1 Å². The number of nitrogens with one attached hydrogen (secondary N) is 1. The molecule has 0 amide bonds. The van der Waals surface area contributed by atoms with Crippen molar-refractivity contribution >= 4 is 27.5 Å². The third kappa shape index (κ3) is 5.02. The Labute approximate surface area is 275 Å². The first kappa shape index (κ1) is 30.3. The summed E-state index contributed by atoms with van der Waals surface area (Å²) in [6.45, 7) is 3.13. The SMILES string of the molecule is C#Cc1c(F)ccc2cc(O)cc(-c3oc(=O)c4c(NC5CCc6cccnc6C5)nc(OC[C@@]56CCCN5C[C@H](F)C6)nc4c3C)c12. The first-order chi connectivity index (χ1) is 23.2. The number of aromatic hydroxyl groups is 1. The summed E-state index contributed by atoms with van der Waals surface area (Å²) in [5, 5.41) is 15.0. The van der Waals surface area contributed by atoms with Gasteiger partial charge in [-0.25, -0.2) is 13.6 Å². The number of terminal acetylenes is 1. The fraction of sp³-hybridized carbons (Fsp3) is 0.351. The quantitative estimate of drug-likeness (QED) is 0.219. The highest BCUT2D eigenvalue weighted by molar-refractivity contribution is 6.03. The fourth-order valence-corrected chi connectivity index (χ4v) is 7.92. The van der Waals surface area contributed by atoms with E-state index in [2.05, 4.69) is 27.2 Å². The van der Waals surface area contributed by atoms with E-state index in [-0.39, 0.29) is 58.0 Å². The van der Waals surface area contributed by atoms with Crippen molar-refractivity contribution in [2.75, 3.05) is 25.0 Å². The van der Waals surface area contributed by atoms with Crippen LogP contribution in [0.4, 0.5) is 14.6 Å². The number of phenolic OH excluding ortho intramolecular Hbond substituents is 1. The van der Waals surface area contributed by atoms with Gasteiger partial charge in [-0.1, -0.05) is 18.1 Å². The minimum absolute atomic E-state index is 0.0204. The zero-order chi connectivity index (χ0) is 33.2. The normalized spacial score (nSPS) is 22.0. The van der Waals surface area contributed by atoms with Crippen LogP contribution in [-0.2, 0) is 12.8 Å².